The predicted octanol–water partition coefficient (Wildman–Crippen LogP) is 22.0. The van der Waals surface area contributed by atoms with E-state index in [9.17, 15) is 32.7 Å². The van der Waals surface area contributed by atoms with Crippen molar-refractivity contribution in [3.8, 4) is 0 Å². The minimum atomic E-state index is -2.65. The van der Waals surface area contributed by atoms with Gasteiger partial charge in [0.15, 0.2) is 5.78 Å². The standard InChI is InChI=1S/C13H21NO.C13H21N.C12H20N2.C11H21N.C11H20O2.C11H20O.C8H16O2S.C8H16O/c1-9(2)11-4-6-13(7-5-11)8-10(3)14-12(13)15;1-10(2)11-5-7-12(8-6-11)13-4-3-9-14-13;1-9(2)10-3-5-11(6-4-10)12-7-13-8-14-12;1-8(2)10-4-6-11(7-5-10)9(3)12;1-8(2)10-4-6-11(13,7-5-10)9(3)12;1-8(2)10-4-6-11(7-5-10)9(3)12;1-7(2)8-3-5-11(9,10)6-4-8;1-6(2)7(3)5-8(4)9/h9,11H,3-8H2,1-2H3,(H,14,15);3-4,9-12,14H,5-8H2,1-2H3;7-11H,3-6H2,1-2H3,(H,13,14);8,10-11H,3-7,12H2,1-2H3;8,10,13H,4-7H2,1-3H3;8,10-11H,4-7H2,1-3H3;7-8H,3-6H2,1-2H3;6-7H,5H2,1-4H3/t;;;;;;;7-/m.......0/s1. The summed E-state index contributed by atoms with van der Waals surface area (Å²) in [6.07, 6.45) is 38.1. The molecule has 8 fully saturated rings. The summed E-state index contributed by atoms with van der Waals surface area (Å²) < 4.78 is 22.0. The Balaban J connectivity index is 0.000000299. The summed E-state index contributed by atoms with van der Waals surface area (Å²) in [6.45, 7) is 51.0. The van der Waals surface area contributed by atoms with Crippen LogP contribution < -0.4 is 11.1 Å². The number of rotatable bonds is 15. The Kier molecular flexibility index (Phi) is 40.5. The third-order valence-electron chi connectivity index (χ3n) is 26.0. The summed E-state index contributed by atoms with van der Waals surface area (Å²) in [5, 5.41) is 12.8. The molecule has 12 nitrogen and oxygen atoms in total. The Morgan fingerprint density at radius 3 is 1.21 bits per heavy atom. The van der Waals surface area contributed by atoms with Gasteiger partial charge in [0.25, 0.3) is 0 Å². The molecule has 0 bridgehead atoms. The van der Waals surface area contributed by atoms with Crippen molar-refractivity contribution in [1.82, 2.24) is 20.3 Å². The molecular formula is C87H155N5O7S. The van der Waals surface area contributed by atoms with Crippen LogP contribution in [0.4, 0.5) is 0 Å². The second-order valence-electron chi connectivity index (χ2n) is 35.9. The van der Waals surface area contributed by atoms with Crippen molar-refractivity contribution in [1.29, 1.82) is 0 Å². The Hall–Kier alpha value is -3.84. The van der Waals surface area contributed by atoms with Crippen LogP contribution in [0.25, 0.3) is 0 Å². The molecule has 4 heterocycles. The van der Waals surface area contributed by atoms with Gasteiger partial charge in [0, 0.05) is 59.9 Å². The first kappa shape index (κ1) is 90.4. The molecule has 0 aromatic carbocycles. The van der Waals surface area contributed by atoms with Crippen molar-refractivity contribution in [3.05, 3.63) is 66.8 Å². The normalized spacial score (nSPS) is 27.8. The number of sulfone groups is 1. The molecular weight excluding hydrogens is 1260 g/mol. The zero-order chi connectivity index (χ0) is 75.2. The van der Waals surface area contributed by atoms with Gasteiger partial charge in [-0.3, -0.25) is 14.4 Å². The first-order valence-corrected chi connectivity index (χ1v) is 42.6. The van der Waals surface area contributed by atoms with E-state index in [0.717, 1.165) is 147 Å². The van der Waals surface area contributed by atoms with Gasteiger partial charge in [-0.15, -0.1) is 0 Å². The number of aromatic nitrogens is 3. The lowest BCUT2D eigenvalue weighted by Crippen LogP contribution is -2.41. The van der Waals surface area contributed by atoms with Gasteiger partial charge in [-0.1, -0.05) is 131 Å². The average Bonchev–Trinajstić information content (AvgIpc) is 1.63. The topological polar surface area (TPSA) is 205 Å². The molecule has 8 aliphatic rings. The van der Waals surface area contributed by atoms with E-state index in [-0.39, 0.29) is 17.1 Å². The molecule has 0 unspecified atom stereocenters. The molecule has 6 saturated carbocycles. The molecule has 1 spiro atoms. The van der Waals surface area contributed by atoms with Crippen molar-refractivity contribution in [2.75, 3.05) is 11.5 Å². The number of carbonyl (C=O) groups excluding carboxylic acids is 4. The van der Waals surface area contributed by atoms with Gasteiger partial charge in [-0.2, -0.15) is 0 Å². The third kappa shape index (κ3) is 32.3. The largest absolute Gasteiger partial charge is 0.402 e. The molecule has 576 valence electrons. The number of hydrogen-bond donors (Lipinski definition) is 5. The fraction of sp³-hybridized carbons (Fsp3) is 0.828. The van der Waals surface area contributed by atoms with Gasteiger partial charge in [-0.05, 0) is 306 Å². The Labute approximate surface area is 614 Å². The molecule has 2 aromatic rings. The average molecular weight is 1420 g/mol. The maximum Gasteiger partial charge on any atom is 0.230 e. The number of Topliss-reactive ketones (excluding diaryl/α,β-unsaturated/α-hetero) is 3. The van der Waals surface area contributed by atoms with Crippen LogP contribution in [0.5, 0.6) is 0 Å². The number of nitrogens with one attached hydrogen (secondary N) is 3. The minimum Gasteiger partial charge on any atom is -0.402 e. The number of carbonyl (C=O) groups is 4. The molecule has 2 aliphatic heterocycles. The summed E-state index contributed by atoms with van der Waals surface area (Å²) in [4.78, 5) is 55.3. The number of ketones is 3. The lowest BCUT2D eigenvalue weighted by Gasteiger charge is -2.36. The van der Waals surface area contributed by atoms with Crippen LogP contribution in [0.2, 0.25) is 0 Å². The molecule has 0 radical (unpaired) electrons. The van der Waals surface area contributed by atoms with Crippen LogP contribution >= 0.6 is 0 Å². The van der Waals surface area contributed by atoms with E-state index in [1.165, 1.54) is 121 Å². The van der Waals surface area contributed by atoms with Crippen molar-refractivity contribution in [2.45, 2.75) is 336 Å². The molecule has 10 rings (SSSR count). The molecule has 6 aliphatic carbocycles. The van der Waals surface area contributed by atoms with Gasteiger partial charge in [0.05, 0.1) is 23.2 Å². The Morgan fingerprint density at radius 1 is 0.540 bits per heavy atom. The van der Waals surface area contributed by atoms with E-state index in [1.807, 2.05) is 12.4 Å². The highest BCUT2D eigenvalue weighted by molar-refractivity contribution is 7.91. The lowest BCUT2D eigenvalue weighted by atomic mass is 9.67. The number of nitrogens with two attached hydrogens (primary N) is 1. The summed E-state index contributed by atoms with van der Waals surface area (Å²) >= 11 is 0. The van der Waals surface area contributed by atoms with Crippen molar-refractivity contribution < 1.29 is 32.7 Å². The number of nitrogens with zero attached hydrogens (tertiary/aromatic N) is 1. The number of amides is 1. The number of allylic oxidation sites excluding steroid dienone is 2. The van der Waals surface area contributed by atoms with E-state index in [2.05, 4.69) is 163 Å². The lowest BCUT2D eigenvalue weighted by molar-refractivity contribution is -0.139. The van der Waals surface area contributed by atoms with Crippen LogP contribution in [0.3, 0.4) is 0 Å². The van der Waals surface area contributed by atoms with Crippen LogP contribution in [0.15, 0.2) is 55.4 Å². The highest BCUT2D eigenvalue weighted by Crippen LogP contribution is 2.48. The molecule has 100 heavy (non-hydrogen) atoms. The zero-order valence-corrected chi connectivity index (χ0v) is 68.7. The van der Waals surface area contributed by atoms with Crippen LogP contribution in [-0.2, 0) is 29.0 Å². The second kappa shape index (κ2) is 44.8. The quantitative estimate of drug-likeness (QED) is 0.115. The number of aromatic amines is 2. The summed E-state index contributed by atoms with van der Waals surface area (Å²) in [5.74, 6) is 16.8. The molecule has 6 N–H and O–H groups in total. The molecule has 2 saturated heterocycles. The minimum absolute atomic E-state index is 0.0605. The monoisotopic (exact) mass is 1410 g/mol. The van der Waals surface area contributed by atoms with E-state index in [4.69, 9.17) is 5.73 Å². The van der Waals surface area contributed by atoms with Gasteiger partial charge < -0.3 is 30.9 Å². The molecule has 2 aromatic heterocycles. The first-order chi connectivity index (χ1) is 46.8. The maximum atomic E-state index is 11.9. The van der Waals surface area contributed by atoms with Crippen molar-refractivity contribution in [2.24, 2.45) is 118 Å². The molecule has 13 heteroatoms. The summed E-state index contributed by atoms with van der Waals surface area (Å²) in [7, 11) is -2.65. The van der Waals surface area contributed by atoms with Crippen LogP contribution in [0, 0.1) is 112 Å². The highest BCUT2D eigenvalue weighted by Gasteiger charge is 2.46. The van der Waals surface area contributed by atoms with Crippen LogP contribution in [-0.4, -0.2) is 68.8 Å². The predicted molar refractivity (Wildman–Crippen MR) is 422 cm³/mol. The van der Waals surface area contributed by atoms with Gasteiger partial charge in [-0.25, -0.2) is 13.4 Å². The molecule has 1 atom stereocenters. The fourth-order valence-corrected chi connectivity index (χ4v) is 18.6. The van der Waals surface area contributed by atoms with E-state index >= 15 is 0 Å². The summed E-state index contributed by atoms with van der Waals surface area (Å²) in [6, 6.07) is 4.35. The highest BCUT2D eigenvalue weighted by atomic mass is 32.2. The number of H-pyrrole nitrogens is 2. The smallest absolute Gasteiger partial charge is 0.230 e. The Bertz CT molecular complexity index is 2600. The van der Waals surface area contributed by atoms with Gasteiger partial charge in [0.2, 0.25) is 5.91 Å². The number of aliphatic hydroxyl groups is 1. The maximum absolute atomic E-state index is 11.9. The number of hydrogen-bond acceptors (Lipinski definition) is 9. The third-order valence-corrected chi connectivity index (χ3v) is 27.7. The zero-order valence-electron chi connectivity index (χ0n) is 67.9. The van der Waals surface area contributed by atoms with Crippen molar-refractivity contribution >= 4 is 33.1 Å². The van der Waals surface area contributed by atoms with Crippen LogP contribution in [0.1, 0.15) is 341 Å². The van der Waals surface area contributed by atoms with Gasteiger partial charge >= 0.3 is 0 Å². The van der Waals surface area contributed by atoms with Gasteiger partial charge in [0.1, 0.15) is 27.0 Å². The fourth-order valence-electron chi connectivity index (χ4n) is 17.1. The van der Waals surface area contributed by atoms with E-state index < -0.39 is 15.4 Å². The Morgan fingerprint density at radius 2 is 0.910 bits per heavy atom. The van der Waals surface area contributed by atoms with E-state index in [1.54, 1.807) is 20.2 Å². The van der Waals surface area contributed by atoms with E-state index in [0.29, 0.717) is 83.3 Å². The van der Waals surface area contributed by atoms with Crippen molar-refractivity contribution in [3.63, 3.8) is 0 Å². The molecule has 1 amide bonds. The number of imidazole rings is 1. The first-order valence-electron chi connectivity index (χ1n) is 40.8. The summed E-state index contributed by atoms with van der Waals surface area (Å²) in [5.41, 5.74) is 9.23. The SMILES string of the molecule is C=C(N)C1CCC(C(C)C)CC1.C=C1CC2(CCC(C(C)C)CC2)C(=O)N1.CC(=O)C1(O)CCC(C(C)C)CC1.CC(=O)C1CCC(C(C)C)CC1.CC(=O)C[C@H](C)C(C)C.CC(C)C1CCC(c2ccc[nH]2)CC1.CC(C)C1CCC(c2cnc[nH]2)CC1.CC(C)C1CCS(=O)(=O)CC1. The second-order valence-corrected chi connectivity index (χ2v) is 38.2.